The monoisotopic (exact) mass is 351 g/mol. The van der Waals surface area contributed by atoms with E-state index >= 15 is 0 Å². The van der Waals surface area contributed by atoms with Gasteiger partial charge in [-0.25, -0.2) is 0 Å². The second-order valence-electron chi connectivity index (χ2n) is 5.80. The molecular weight excluding hydrogens is 330 g/mol. The Morgan fingerprint density at radius 1 is 1.29 bits per heavy atom. The van der Waals surface area contributed by atoms with E-state index in [-0.39, 0.29) is 0 Å². The Hall–Kier alpha value is -1.17. The molecule has 1 aromatic heterocycles. The fourth-order valence-corrected chi connectivity index (χ4v) is 3.16. The minimum atomic E-state index is -0.969. The molecule has 2 aromatic rings. The minimum Gasteiger partial charge on any atom is -0.383 e. The predicted octanol–water partition coefficient (Wildman–Crippen LogP) is 2.66. The van der Waals surface area contributed by atoms with Crippen molar-refractivity contribution < 1.29 is 5.11 Å². The normalized spacial score (nSPS) is 14.4. The van der Waals surface area contributed by atoms with E-state index in [1.807, 2.05) is 56.0 Å². The van der Waals surface area contributed by atoms with Gasteiger partial charge in [0.15, 0.2) is 0 Å². The van der Waals surface area contributed by atoms with Crippen LogP contribution in [0.3, 0.4) is 0 Å². The number of likely N-dealkylation sites (N-methyl/N-ethyl adjacent to an activating group) is 1. The van der Waals surface area contributed by atoms with E-state index in [9.17, 15) is 5.11 Å². The molecule has 0 fully saturated rings. The summed E-state index contributed by atoms with van der Waals surface area (Å²) in [6.45, 7) is 3.47. The van der Waals surface area contributed by atoms with Crippen LogP contribution in [0, 0.1) is 0 Å². The summed E-state index contributed by atoms with van der Waals surface area (Å²) in [6.07, 6.45) is 2.31. The molecule has 1 N–H and O–H groups in total. The van der Waals surface area contributed by atoms with Crippen molar-refractivity contribution in [3.8, 4) is 0 Å². The summed E-state index contributed by atoms with van der Waals surface area (Å²) in [5.41, 5.74) is 0.964. The van der Waals surface area contributed by atoms with Gasteiger partial charge in [-0.2, -0.15) is 5.10 Å². The third-order valence-corrected chi connectivity index (χ3v) is 4.04. The number of rotatable bonds is 6. The van der Waals surface area contributed by atoms with E-state index in [1.165, 1.54) is 0 Å². The van der Waals surface area contributed by atoms with Gasteiger partial charge in [0.05, 0.1) is 22.9 Å². The molecule has 1 aromatic carbocycles. The van der Waals surface area contributed by atoms with Gasteiger partial charge in [-0.1, -0.05) is 30.3 Å². The quantitative estimate of drug-likeness (QED) is 0.869. The van der Waals surface area contributed by atoms with Crippen LogP contribution in [-0.4, -0.2) is 40.4 Å². The van der Waals surface area contributed by atoms with Crippen molar-refractivity contribution in [2.24, 2.45) is 0 Å². The highest BCUT2D eigenvalue weighted by atomic mass is 79.9. The molecule has 0 aliphatic rings. The molecule has 1 unspecified atom stereocenters. The van der Waals surface area contributed by atoms with E-state index in [0.717, 1.165) is 28.8 Å². The van der Waals surface area contributed by atoms with Gasteiger partial charge in [-0.15, -0.1) is 0 Å². The Morgan fingerprint density at radius 2 is 1.95 bits per heavy atom. The van der Waals surface area contributed by atoms with E-state index in [0.29, 0.717) is 6.42 Å². The van der Waals surface area contributed by atoms with Crippen LogP contribution in [-0.2, 0) is 18.6 Å². The van der Waals surface area contributed by atoms with Gasteiger partial charge < -0.3 is 10.0 Å². The first-order valence-electron chi connectivity index (χ1n) is 7.03. The third kappa shape index (κ3) is 4.15. The molecule has 0 amide bonds. The second kappa shape index (κ2) is 6.73. The van der Waals surface area contributed by atoms with E-state index in [1.54, 1.807) is 6.20 Å². The standard InChI is InChI=1S/C16H22BrN3O/c1-16(21,11-13-7-5-4-6-8-13)15-14(17)12-18-20(15)10-9-19(2)3/h4-8,12,21H,9-11H2,1-3H3. The lowest BCUT2D eigenvalue weighted by Crippen LogP contribution is -2.30. The summed E-state index contributed by atoms with van der Waals surface area (Å²) < 4.78 is 2.73. The maximum Gasteiger partial charge on any atom is 0.109 e. The maximum absolute atomic E-state index is 11.0. The van der Waals surface area contributed by atoms with Crippen LogP contribution in [0.25, 0.3) is 0 Å². The molecule has 0 radical (unpaired) electrons. The van der Waals surface area contributed by atoms with Crippen LogP contribution in [0.5, 0.6) is 0 Å². The first-order valence-corrected chi connectivity index (χ1v) is 7.82. The average Bonchev–Trinajstić information content (AvgIpc) is 2.79. The molecule has 114 valence electrons. The number of halogens is 1. The van der Waals surface area contributed by atoms with E-state index in [2.05, 4.69) is 25.9 Å². The Bertz CT molecular complexity index is 578. The Morgan fingerprint density at radius 3 is 2.57 bits per heavy atom. The molecule has 0 saturated heterocycles. The molecule has 21 heavy (non-hydrogen) atoms. The molecule has 0 spiro atoms. The fraction of sp³-hybridized carbons (Fsp3) is 0.438. The third-order valence-electron chi connectivity index (χ3n) is 3.46. The molecule has 0 aliphatic carbocycles. The molecule has 0 bridgehead atoms. The van der Waals surface area contributed by atoms with Crippen molar-refractivity contribution in [2.45, 2.75) is 25.5 Å². The lowest BCUT2D eigenvalue weighted by molar-refractivity contribution is 0.0466. The smallest absolute Gasteiger partial charge is 0.109 e. The first kappa shape index (κ1) is 16.2. The Kier molecular flexibility index (Phi) is 5.19. The van der Waals surface area contributed by atoms with Crippen LogP contribution >= 0.6 is 15.9 Å². The topological polar surface area (TPSA) is 41.3 Å². The second-order valence-corrected chi connectivity index (χ2v) is 6.66. The predicted molar refractivity (Wildman–Crippen MR) is 88.2 cm³/mol. The van der Waals surface area contributed by atoms with Gasteiger partial charge in [-0.05, 0) is 42.5 Å². The molecule has 1 atom stereocenters. The number of aliphatic hydroxyl groups is 1. The van der Waals surface area contributed by atoms with Gasteiger partial charge in [0, 0.05) is 13.0 Å². The molecule has 1 heterocycles. The van der Waals surface area contributed by atoms with Crippen molar-refractivity contribution in [2.75, 3.05) is 20.6 Å². The number of hydrogen-bond donors (Lipinski definition) is 1. The lowest BCUT2D eigenvalue weighted by Gasteiger charge is -2.26. The zero-order valence-corrected chi connectivity index (χ0v) is 14.3. The highest BCUT2D eigenvalue weighted by molar-refractivity contribution is 9.10. The van der Waals surface area contributed by atoms with Gasteiger partial charge >= 0.3 is 0 Å². The van der Waals surface area contributed by atoms with Crippen LogP contribution < -0.4 is 0 Å². The molecule has 5 heteroatoms. The SMILES string of the molecule is CN(C)CCn1ncc(Br)c1C(C)(O)Cc1ccccc1. The minimum absolute atomic E-state index is 0.556. The summed E-state index contributed by atoms with van der Waals surface area (Å²) in [7, 11) is 4.06. The van der Waals surface area contributed by atoms with Gasteiger partial charge in [0.25, 0.3) is 0 Å². The van der Waals surface area contributed by atoms with Crippen molar-refractivity contribution in [3.63, 3.8) is 0 Å². The first-order chi connectivity index (χ1) is 9.90. The van der Waals surface area contributed by atoms with Crippen LogP contribution in [0.4, 0.5) is 0 Å². The van der Waals surface area contributed by atoms with Gasteiger partial charge in [-0.3, -0.25) is 4.68 Å². The van der Waals surface area contributed by atoms with E-state index < -0.39 is 5.60 Å². The molecule has 4 nitrogen and oxygen atoms in total. The zero-order chi connectivity index (χ0) is 15.5. The van der Waals surface area contributed by atoms with Gasteiger partial charge in [0.2, 0.25) is 0 Å². The Labute approximate surface area is 134 Å². The molecule has 0 aliphatic heterocycles. The summed E-state index contributed by atoms with van der Waals surface area (Å²) in [5, 5.41) is 15.3. The van der Waals surface area contributed by atoms with Crippen LogP contribution in [0.15, 0.2) is 41.0 Å². The van der Waals surface area contributed by atoms with Crippen LogP contribution in [0.1, 0.15) is 18.2 Å². The molecule has 0 saturated carbocycles. The van der Waals surface area contributed by atoms with Crippen molar-refractivity contribution >= 4 is 15.9 Å². The summed E-state index contributed by atoms with van der Waals surface area (Å²) in [4.78, 5) is 2.10. The number of nitrogens with zero attached hydrogens (tertiary/aromatic N) is 3. The maximum atomic E-state index is 11.0. The summed E-state index contributed by atoms with van der Waals surface area (Å²) >= 11 is 3.52. The van der Waals surface area contributed by atoms with Crippen molar-refractivity contribution in [3.05, 3.63) is 52.3 Å². The number of hydrogen-bond acceptors (Lipinski definition) is 3. The Balaban J connectivity index is 2.24. The number of aromatic nitrogens is 2. The summed E-state index contributed by atoms with van der Waals surface area (Å²) in [5.74, 6) is 0. The van der Waals surface area contributed by atoms with Crippen molar-refractivity contribution in [1.82, 2.24) is 14.7 Å². The molecular formula is C16H22BrN3O. The average molecular weight is 352 g/mol. The lowest BCUT2D eigenvalue weighted by atomic mass is 9.93. The molecule has 2 rings (SSSR count). The van der Waals surface area contributed by atoms with Crippen molar-refractivity contribution in [1.29, 1.82) is 0 Å². The van der Waals surface area contributed by atoms with Gasteiger partial charge in [0.1, 0.15) is 5.60 Å². The number of benzene rings is 1. The van der Waals surface area contributed by atoms with E-state index in [4.69, 9.17) is 0 Å². The zero-order valence-electron chi connectivity index (χ0n) is 12.8. The van der Waals surface area contributed by atoms with Crippen LogP contribution in [0.2, 0.25) is 0 Å². The highest BCUT2D eigenvalue weighted by Gasteiger charge is 2.30. The fourth-order valence-electron chi connectivity index (χ4n) is 2.44. The summed E-state index contributed by atoms with van der Waals surface area (Å²) in [6, 6.07) is 10.0. The largest absolute Gasteiger partial charge is 0.383 e. The highest BCUT2D eigenvalue weighted by Crippen LogP contribution is 2.31.